The van der Waals surface area contributed by atoms with Gasteiger partial charge >= 0.3 is 0 Å². The molecule has 2 heterocycles. The van der Waals surface area contributed by atoms with Crippen molar-refractivity contribution in [1.29, 1.82) is 5.26 Å². The Morgan fingerprint density at radius 3 is 2.84 bits per heavy atom. The van der Waals surface area contributed by atoms with Gasteiger partial charge in [-0.2, -0.15) is 5.26 Å². The highest BCUT2D eigenvalue weighted by molar-refractivity contribution is 5.09. The Hall–Kier alpha value is -1.44. The number of likely N-dealkylation sites (N-methyl/N-ethyl adjacent to an activating group) is 1. The summed E-state index contributed by atoms with van der Waals surface area (Å²) in [4.78, 5) is 8.87. The number of rotatable bonds is 3. The molecule has 2 rings (SSSR count). The molecule has 2 atom stereocenters. The van der Waals surface area contributed by atoms with Crippen LogP contribution in [0.4, 0.5) is 0 Å². The van der Waals surface area contributed by atoms with Crippen LogP contribution in [0.25, 0.3) is 0 Å². The number of hydrogen-bond donors (Lipinski definition) is 0. The first kappa shape index (κ1) is 14.0. The Labute approximate surface area is 115 Å². The van der Waals surface area contributed by atoms with Crippen LogP contribution < -0.4 is 0 Å². The van der Waals surface area contributed by atoms with E-state index in [1.807, 2.05) is 12.4 Å². The lowest BCUT2D eigenvalue weighted by atomic mass is 10.1. The minimum absolute atomic E-state index is 0.337. The molecule has 0 spiro atoms. The monoisotopic (exact) mass is 258 g/mol. The first-order chi connectivity index (χ1) is 9.20. The van der Waals surface area contributed by atoms with E-state index in [0.29, 0.717) is 18.5 Å². The van der Waals surface area contributed by atoms with E-state index in [4.69, 9.17) is 5.26 Å². The van der Waals surface area contributed by atoms with Crippen LogP contribution in [0.2, 0.25) is 0 Å². The highest BCUT2D eigenvalue weighted by atomic mass is 15.2. The van der Waals surface area contributed by atoms with Gasteiger partial charge < -0.3 is 0 Å². The fourth-order valence-electron chi connectivity index (χ4n) is 2.65. The second kappa shape index (κ2) is 6.65. The molecule has 1 saturated heterocycles. The molecule has 19 heavy (non-hydrogen) atoms. The summed E-state index contributed by atoms with van der Waals surface area (Å²) in [6.07, 6.45) is 5.44. The second-order valence-corrected chi connectivity index (χ2v) is 5.41. The van der Waals surface area contributed by atoms with E-state index >= 15 is 0 Å². The fourth-order valence-corrected chi connectivity index (χ4v) is 2.65. The van der Waals surface area contributed by atoms with Crippen LogP contribution in [-0.2, 0) is 6.54 Å². The van der Waals surface area contributed by atoms with Crippen molar-refractivity contribution in [1.82, 2.24) is 14.8 Å². The summed E-state index contributed by atoms with van der Waals surface area (Å²) < 4.78 is 0. The summed E-state index contributed by atoms with van der Waals surface area (Å²) >= 11 is 0. The van der Waals surface area contributed by atoms with Crippen molar-refractivity contribution >= 4 is 0 Å². The van der Waals surface area contributed by atoms with Crippen LogP contribution >= 0.6 is 0 Å². The summed E-state index contributed by atoms with van der Waals surface area (Å²) in [7, 11) is 2.14. The van der Waals surface area contributed by atoms with Gasteiger partial charge in [-0.25, -0.2) is 0 Å². The van der Waals surface area contributed by atoms with Crippen LogP contribution in [-0.4, -0.2) is 47.0 Å². The van der Waals surface area contributed by atoms with Crippen molar-refractivity contribution < 1.29 is 0 Å². The van der Waals surface area contributed by atoms with Gasteiger partial charge in [-0.05, 0) is 38.1 Å². The van der Waals surface area contributed by atoms with E-state index in [0.717, 1.165) is 26.1 Å². The lowest BCUT2D eigenvalue weighted by Crippen LogP contribution is -2.41. The number of hydrogen-bond acceptors (Lipinski definition) is 4. The van der Waals surface area contributed by atoms with Crippen molar-refractivity contribution in [3.8, 4) is 6.07 Å². The van der Waals surface area contributed by atoms with Crippen LogP contribution in [0.15, 0.2) is 24.5 Å². The zero-order chi connectivity index (χ0) is 13.7. The number of nitrogens with zero attached hydrogens (tertiary/aromatic N) is 4. The SMILES string of the molecule is CC1CCN(Cc2ccncc2)CC(CC#N)N1C. The molecule has 0 aromatic carbocycles. The van der Waals surface area contributed by atoms with Crippen molar-refractivity contribution in [2.75, 3.05) is 20.1 Å². The molecule has 0 saturated carbocycles. The molecule has 0 aliphatic carbocycles. The Bertz CT molecular complexity index is 426. The molecule has 4 heteroatoms. The summed E-state index contributed by atoms with van der Waals surface area (Å²) in [6, 6.07) is 7.34. The molecule has 1 fully saturated rings. The molecule has 0 amide bonds. The minimum atomic E-state index is 0.337. The van der Waals surface area contributed by atoms with Gasteiger partial charge in [0.1, 0.15) is 0 Å². The predicted molar refractivity (Wildman–Crippen MR) is 75.4 cm³/mol. The molecule has 0 radical (unpaired) electrons. The molecule has 102 valence electrons. The van der Waals surface area contributed by atoms with Gasteiger partial charge in [0.25, 0.3) is 0 Å². The topological polar surface area (TPSA) is 43.2 Å². The largest absolute Gasteiger partial charge is 0.298 e. The Morgan fingerprint density at radius 2 is 2.16 bits per heavy atom. The second-order valence-electron chi connectivity index (χ2n) is 5.41. The Kier molecular flexibility index (Phi) is 4.89. The van der Waals surface area contributed by atoms with Crippen molar-refractivity contribution in [3.05, 3.63) is 30.1 Å². The van der Waals surface area contributed by atoms with Crippen molar-refractivity contribution in [3.63, 3.8) is 0 Å². The number of aromatic nitrogens is 1. The van der Waals surface area contributed by atoms with Gasteiger partial charge in [0, 0.05) is 44.1 Å². The first-order valence-electron chi connectivity index (χ1n) is 6.91. The van der Waals surface area contributed by atoms with Crippen molar-refractivity contribution in [2.24, 2.45) is 0 Å². The fraction of sp³-hybridized carbons (Fsp3) is 0.600. The average Bonchev–Trinajstić information content (AvgIpc) is 2.55. The van der Waals surface area contributed by atoms with E-state index < -0.39 is 0 Å². The van der Waals surface area contributed by atoms with Crippen molar-refractivity contribution in [2.45, 2.75) is 38.4 Å². The molecule has 1 aliphatic rings. The maximum Gasteiger partial charge on any atom is 0.0638 e. The molecule has 1 aromatic rings. The Balaban J connectivity index is 2.03. The highest BCUT2D eigenvalue weighted by Crippen LogP contribution is 2.18. The lowest BCUT2D eigenvalue weighted by Gasteiger charge is -2.30. The third-order valence-electron chi connectivity index (χ3n) is 4.09. The van der Waals surface area contributed by atoms with E-state index in [-0.39, 0.29) is 0 Å². The maximum absolute atomic E-state index is 8.99. The lowest BCUT2D eigenvalue weighted by molar-refractivity contribution is 0.176. The highest BCUT2D eigenvalue weighted by Gasteiger charge is 2.26. The van der Waals surface area contributed by atoms with Crippen LogP contribution in [0.3, 0.4) is 0 Å². The summed E-state index contributed by atoms with van der Waals surface area (Å²) in [5.41, 5.74) is 1.29. The summed E-state index contributed by atoms with van der Waals surface area (Å²) in [5.74, 6) is 0. The maximum atomic E-state index is 8.99. The first-order valence-corrected chi connectivity index (χ1v) is 6.91. The van der Waals surface area contributed by atoms with Crippen LogP contribution in [0.1, 0.15) is 25.3 Å². The number of pyridine rings is 1. The Morgan fingerprint density at radius 1 is 1.42 bits per heavy atom. The van der Waals surface area contributed by atoms with Gasteiger partial charge in [0.2, 0.25) is 0 Å². The van der Waals surface area contributed by atoms with Gasteiger partial charge in [-0.15, -0.1) is 0 Å². The molecular formula is C15H22N4. The molecular weight excluding hydrogens is 236 g/mol. The van der Waals surface area contributed by atoms with Gasteiger partial charge in [0.05, 0.1) is 12.5 Å². The quantitative estimate of drug-likeness (QED) is 0.830. The van der Waals surface area contributed by atoms with E-state index in [2.05, 4.69) is 47.0 Å². The molecule has 1 aromatic heterocycles. The molecule has 0 bridgehead atoms. The smallest absolute Gasteiger partial charge is 0.0638 e. The molecule has 2 unspecified atom stereocenters. The van der Waals surface area contributed by atoms with Crippen LogP contribution in [0, 0.1) is 11.3 Å². The average molecular weight is 258 g/mol. The zero-order valence-corrected chi connectivity index (χ0v) is 11.8. The third kappa shape index (κ3) is 3.76. The van der Waals surface area contributed by atoms with E-state index in [9.17, 15) is 0 Å². The van der Waals surface area contributed by atoms with Gasteiger partial charge in [-0.3, -0.25) is 14.8 Å². The van der Waals surface area contributed by atoms with E-state index in [1.165, 1.54) is 5.56 Å². The molecule has 0 N–H and O–H groups in total. The zero-order valence-electron chi connectivity index (χ0n) is 11.8. The normalized spacial score (nSPS) is 25.7. The standard InChI is InChI=1S/C15H22N4/c1-13-6-10-19(11-14-4-8-17-9-5-14)12-15(3-7-16)18(13)2/h4-5,8-9,13,15H,3,6,10-12H2,1-2H3. The predicted octanol–water partition coefficient (Wildman–Crippen LogP) is 1.89. The summed E-state index contributed by atoms with van der Waals surface area (Å²) in [5, 5.41) is 8.99. The molecule has 4 nitrogen and oxygen atoms in total. The minimum Gasteiger partial charge on any atom is -0.298 e. The molecule has 1 aliphatic heterocycles. The van der Waals surface area contributed by atoms with Gasteiger partial charge in [-0.1, -0.05) is 0 Å². The number of nitriles is 1. The third-order valence-corrected chi connectivity index (χ3v) is 4.09. The van der Waals surface area contributed by atoms with Gasteiger partial charge in [0.15, 0.2) is 0 Å². The van der Waals surface area contributed by atoms with Crippen LogP contribution in [0.5, 0.6) is 0 Å². The van der Waals surface area contributed by atoms with E-state index in [1.54, 1.807) is 0 Å². The summed E-state index contributed by atoms with van der Waals surface area (Å²) in [6.45, 7) is 5.26.